The van der Waals surface area contributed by atoms with Crippen molar-refractivity contribution >= 4 is 11.3 Å². The summed E-state index contributed by atoms with van der Waals surface area (Å²) in [5.74, 6) is 0.710. The molecule has 2 aromatic rings. The third-order valence-corrected chi connectivity index (χ3v) is 3.75. The smallest absolute Gasteiger partial charge is 0.217 e. The van der Waals surface area contributed by atoms with Crippen molar-refractivity contribution in [2.24, 2.45) is 0 Å². The maximum Gasteiger partial charge on any atom is 0.217 e. The number of rotatable bonds is 6. The number of nitrogens with one attached hydrogen (secondary N) is 1. The first kappa shape index (κ1) is 13.1. The van der Waals surface area contributed by atoms with Crippen LogP contribution in [0.3, 0.4) is 0 Å². The minimum Gasteiger partial charge on any atom is -0.481 e. The molecule has 1 N–H and O–H groups in total. The molecule has 0 aliphatic carbocycles. The minimum atomic E-state index is 0.272. The van der Waals surface area contributed by atoms with Crippen molar-refractivity contribution in [3.05, 3.63) is 46.3 Å². The van der Waals surface area contributed by atoms with E-state index >= 15 is 0 Å². The molecule has 3 nitrogen and oxygen atoms in total. The fourth-order valence-electron chi connectivity index (χ4n) is 2.04. The molecule has 4 heteroatoms. The molecule has 0 spiro atoms. The van der Waals surface area contributed by atoms with E-state index in [2.05, 4.69) is 33.2 Å². The van der Waals surface area contributed by atoms with Gasteiger partial charge < -0.3 is 10.1 Å². The SMILES string of the molecule is CNC(CCc1ccsc1)c1cccnc1OC. The van der Waals surface area contributed by atoms with E-state index in [0.29, 0.717) is 5.88 Å². The van der Waals surface area contributed by atoms with Crippen LogP contribution in [0.2, 0.25) is 0 Å². The quantitative estimate of drug-likeness (QED) is 0.869. The Bertz CT molecular complexity index is 470. The second-order valence-corrected chi connectivity index (χ2v) is 4.89. The molecule has 2 heterocycles. The second kappa shape index (κ2) is 6.52. The van der Waals surface area contributed by atoms with Gasteiger partial charge in [-0.25, -0.2) is 4.98 Å². The number of ether oxygens (including phenoxy) is 1. The van der Waals surface area contributed by atoms with Gasteiger partial charge in [0.05, 0.1) is 7.11 Å². The topological polar surface area (TPSA) is 34.2 Å². The lowest BCUT2D eigenvalue weighted by molar-refractivity contribution is 0.382. The van der Waals surface area contributed by atoms with Gasteiger partial charge >= 0.3 is 0 Å². The number of aryl methyl sites for hydroxylation is 1. The molecule has 0 saturated carbocycles. The Labute approximate surface area is 112 Å². The lowest BCUT2D eigenvalue weighted by Crippen LogP contribution is -2.18. The Morgan fingerprint density at radius 2 is 2.33 bits per heavy atom. The summed E-state index contributed by atoms with van der Waals surface area (Å²) in [7, 11) is 3.64. The van der Waals surface area contributed by atoms with Crippen molar-refractivity contribution in [2.45, 2.75) is 18.9 Å². The van der Waals surface area contributed by atoms with Crippen molar-refractivity contribution in [3.63, 3.8) is 0 Å². The van der Waals surface area contributed by atoms with Crippen LogP contribution in [-0.2, 0) is 6.42 Å². The Kier molecular flexibility index (Phi) is 4.73. The summed E-state index contributed by atoms with van der Waals surface area (Å²) < 4.78 is 5.32. The lowest BCUT2D eigenvalue weighted by atomic mass is 10.0. The number of methoxy groups -OCH3 is 1. The van der Waals surface area contributed by atoms with Crippen molar-refractivity contribution in [1.29, 1.82) is 0 Å². The molecule has 0 radical (unpaired) electrons. The van der Waals surface area contributed by atoms with E-state index in [9.17, 15) is 0 Å². The highest BCUT2D eigenvalue weighted by Gasteiger charge is 2.14. The monoisotopic (exact) mass is 262 g/mol. The van der Waals surface area contributed by atoms with Gasteiger partial charge in [-0.3, -0.25) is 0 Å². The molecule has 0 bridgehead atoms. The number of thiophene rings is 1. The zero-order chi connectivity index (χ0) is 12.8. The zero-order valence-corrected chi connectivity index (χ0v) is 11.5. The summed E-state index contributed by atoms with van der Waals surface area (Å²) >= 11 is 1.74. The van der Waals surface area contributed by atoms with Gasteiger partial charge in [-0.1, -0.05) is 6.07 Å². The molecule has 2 rings (SSSR count). The normalized spacial score (nSPS) is 12.3. The van der Waals surface area contributed by atoms with Gasteiger partial charge in [0.25, 0.3) is 0 Å². The molecule has 0 amide bonds. The lowest BCUT2D eigenvalue weighted by Gasteiger charge is -2.18. The summed E-state index contributed by atoms with van der Waals surface area (Å²) in [5, 5.41) is 7.66. The molecular weight excluding hydrogens is 244 g/mol. The van der Waals surface area contributed by atoms with Crippen LogP contribution in [0.5, 0.6) is 5.88 Å². The van der Waals surface area contributed by atoms with Crippen LogP contribution in [0, 0.1) is 0 Å². The highest BCUT2D eigenvalue weighted by molar-refractivity contribution is 7.07. The Morgan fingerprint density at radius 3 is 3.00 bits per heavy atom. The maximum atomic E-state index is 5.32. The first-order valence-electron chi connectivity index (χ1n) is 6.02. The van der Waals surface area contributed by atoms with Crippen LogP contribution in [0.15, 0.2) is 35.2 Å². The Morgan fingerprint density at radius 1 is 1.44 bits per heavy atom. The van der Waals surface area contributed by atoms with Crippen molar-refractivity contribution < 1.29 is 4.74 Å². The predicted molar refractivity (Wildman–Crippen MR) is 75.2 cm³/mol. The molecule has 1 unspecified atom stereocenters. The minimum absolute atomic E-state index is 0.272. The van der Waals surface area contributed by atoms with E-state index in [-0.39, 0.29) is 6.04 Å². The molecule has 0 fully saturated rings. The summed E-state index contributed by atoms with van der Waals surface area (Å²) in [6, 6.07) is 6.47. The van der Waals surface area contributed by atoms with Gasteiger partial charge in [0, 0.05) is 17.8 Å². The Hall–Kier alpha value is -1.39. The molecule has 96 valence electrons. The van der Waals surface area contributed by atoms with Crippen molar-refractivity contribution in [3.8, 4) is 5.88 Å². The summed E-state index contributed by atoms with van der Waals surface area (Å²) in [5.41, 5.74) is 2.51. The number of nitrogens with zero attached hydrogens (tertiary/aromatic N) is 1. The van der Waals surface area contributed by atoms with Crippen molar-refractivity contribution in [2.75, 3.05) is 14.2 Å². The first-order valence-corrected chi connectivity index (χ1v) is 6.96. The van der Waals surface area contributed by atoms with Gasteiger partial charge in [-0.15, -0.1) is 0 Å². The molecule has 0 aliphatic heterocycles. The number of pyridine rings is 1. The van der Waals surface area contributed by atoms with E-state index < -0.39 is 0 Å². The van der Waals surface area contributed by atoms with E-state index in [1.165, 1.54) is 5.56 Å². The largest absolute Gasteiger partial charge is 0.481 e. The standard InChI is InChI=1S/C14H18N2OS/c1-15-13(6-5-11-7-9-18-10-11)12-4-3-8-16-14(12)17-2/h3-4,7-10,13,15H,5-6H2,1-2H3. The molecule has 1 atom stereocenters. The number of hydrogen-bond donors (Lipinski definition) is 1. The fourth-order valence-corrected chi connectivity index (χ4v) is 2.74. The maximum absolute atomic E-state index is 5.32. The predicted octanol–water partition coefficient (Wildman–Crippen LogP) is 3.05. The molecular formula is C14H18N2OS. The fraction of sp³-hybridized carbons (Fsp3) is 0.357. The zero-order valence-electron chi connectivity index (χ0n) is 10.7. The van der Waals surface area contributed by atoms with Gasteiger partial charge in [0.1, 0.15) is 0 Å². The second-order valence-electron chi connectivity index (χ2n) is 4.11. The average Bonchev–Trinajstić information content (AvgIpc) is 2.93. The van der Waals surface area contributed by atoms with Crippen LogP contribution >= 0.6 is 11.3 Å². The Balaban J connectivity index is 2.08. The van der Waals surface area contributed by atoms with E-state index in [1.807, 2.05) is 13.1 Å². The first-order chi connectivity index (χ1) is 8.85. The van der Waals surface area contributed by atoms with E-state index in [1.54, 1.807) is 24.6 Å². The molecule has 0 saturated heterocycles. The van der Waals surface area contributed by atoms with Gasteiger partial charge in [0.15, 0.2) is 0 Å². The molecule has 2 aromatic heterocycles. The van der Waals surface area contributed by atoms with Crippen LogP contribution in [0.4, 0.5) is 0 Å². The van der Waals surface area contributed by atoms with Crippen LogP contribution < -0.4 is 10.1 Å². The third kappa shape index (κ3) is 3.09. The van der Waals surface area contributed by atoms with Crippen molar-refractivity contribution in [1.82, 2.24) is 10.3 Å². The van der Waals surface area contributed by atoms with E-state index in [4.69, 9.17) is 4.74 Å². The van der Waals surface area contributed by atoms with Gasteiger partial charge in [-0.2, -0.15) is 11.3 Å². The third-order valence-electron chi connectivity index (χ3n) is 3.02. The molecule has 0 aliphatic rings. The summed E-state index contributed by atoms with van der Waals surface area (Å²) in [6.45, 7) is 0. The average molecular weight is 262 g/mol. The highest BCUT2D eigenvalue weighted by Crippen LogP contribution is 2.26. The van der Waals surface area contributed by atoms with E-state index in [0.717, 1.165) is 18.4 Å². The number of aromatic nitrogens is 1. The van der Waals surface area contributed by atoms with Crippen LogP contribution in [-0.4, -0.2) is 19.1 Å². The van der Waals surface area contributed by atoms with Crippen LogP contribution in [0.25, 0.3) is 0 Å². The van der Waals surface area contributed by atoms with Crippen LogP contribution in [0.1, 0.15) is 23.6 Å². The molecule has 18 heavy (non-hydrogen) atoms. The molecule has 0 aromatic carbocycles. The summed E-state index contributed by atoms with van der Waals surface area (Å²) in [6.07, 6.45) is 3.86. The van der Waals surface area contributed by atoms with Gasteiger partial charge in [-0.05, 0) is 48.3 Å². The van der Waals surface area contributed by atoms with Gasteiger partial charge in [0.2, 0.25) is 5.88 Å². The highest BCUT2D eigenvalue weighted by atomic mass is 32.1. The summed E-state index contributed by atoms with van der Waals surface area (Å²) in [4.78, 5) is 4.25. The number of hydrogen-bond acceptors (Lipinski definition) is 4.